The van der Waals surface area contributed by atoms with Gasteiger partial charge in [0.2, 0.25) is 0 Å². The summed E-state index contributed by atoms with van der Waals surface area (Å²) in [6.07, 6.45) is 5.89. The van der Waals surface area contributed by atoms with Gasteiger partial charge in [-0.15, -0.1) is 24.0 Å². The molecule has 1 aromatic heterocycles. The Labute approximate surface area is 190 Å². The lowest BCUT2D eigenvalue weighted by Gasteiger charge is -2.25. The Morgan fingerprint density at radius 1 is 1.31 bits per heavy atom. The Morgan fingerprint density at radius 2 is 2.03 bits per heavy atom. The molecule has 29 heavy (non-hydrogen) atoms. The zero-order valence-electron chi connectivity index (χ0n) is 17.7. The maximum atomic E-state index is 14.2. The molecule has 0 spiro atoms. The summed E-state index contributed by atoms with van der Waals surface area (Å²) in [6.45, 7) is 4.11. The average molecular weight is 514 g/mol. The van der Waals surface area contributed by atoms with Crippen LogP contribution in [0.25, 0.3) is 0 Å². The van der Waals surface area contributed by atoms with Crippen molar-refractivity contribution in [1.82, 2.24) is 25.3 Å². The highest BCUT2D eigenvalue weighted by molar-refractivity contribution is 14.0. The number of aliphatic imine (C=N–C) groups is 1. The molecule has 1 aromatic carbocycles. The molecule has 1 unspecified atom stereocenters. The van der Waals surface area contributed by atoms with E-state index in [2.05, 4.69) is 34.7 Å². The van der Waals surface area contributed by atoms with E-state index >= 15 is 0 Å². The molecule has 0 bridgehead atoms. The zero-order valence-corrected chi connectivity index (χ0v) is 20.0. The van der Waals surface area contributed by atoms with Crippen molar-refractivity contribution in [3.63, 3.8) is 0 Å². The third-order valence-electron chi connectivity index (χ3n) is 5.38. The van der Waals surface area contributed by atoms with Gasteiger partial charge in [0, 0.05) is 37.3 Å². The predicted octanol–water partition coefficient (Wildman–Crippen LogP) is 3.07. The van der Waals surface area contributed by atoms with Crippen LogP contribution in [0.1, 0.15) is 36.9 Å². The number of aromatic nitrogens is 2. The van der Waals surface area contributed by atoms with Crippen LogP contribution in [0.2, 0.25) is 0 Å². The molecule has 0 radical (unpaired) electrons. The first-order valence-electron chi connectivity index (χ1n) is 9.87. The molecular formula is C21H32FIN6. The van der Waals surface area contributed by atoms with Gasteiger partial charge in [0.15, 0.2) is 5.96 Å². The van der Waals surface area contributed by atoms with Gasteiger partial charge in [-0.05, 0) is 45.5 Å². The summed E-state index contributed by atoms with van der Waals surface area (Å²) < 4.78 is 16.1. The third kappa shape index (κ3) is 5.91. The van der Waals surface area contributed by atoms with Crippen LogP contribution in [0.15, 0.2) is 41.7 Å². The molecule has 1 heterocycles. The first-order valence-corrected chi connectivity index (χ1v) is 9.87. The number of guanidine groups is 1. The lowest BCUT2D eigenvalue weighted by molar-refractivity contribution is 0.298. The van der Waals surface area contributed by atoms with Crippen molar-refractivity contribution >= 4 is 29.9 Å². The van der Waals surface area contributed by atoms with E-state index < -0.39 is 0 Å². The van der Waals surface area contributed by atoms with Gasteiger partial charge in [-0.2, -0.15) is 5.10 Å². The molecule has 2 N–H and O–H groups in total. The number of likely N-dealkylation sites (N-methyl/N-ethyl adjacent to an activating group) is 1. The van der Waals surface area contributed by atoms with Crippen LogP contribution in [0.5, 0.6) is 0 Å². The lowest BCUT2D eigenvalue weighted by Crippen LogP contribution is -2.42. The summed E-state index contributed by atoms with van der Waals surface area (Å²) in [5.41, 5.74) is 1.79. The molecule has 2 aromatic rings. The van der Waals surface area contributed by atoms with E-state index in [0.29, 0.717) is 13.1 Å². The predicted molar refractivity (Wildman–Crippen MR) is 126 cm³/mol. The first-order chi connectivity index (χ1) is 13.4. The molecule has 8 heteroatoms. The molecule has 6 nitrogen and oxygen atoms in total. The van der Waals surface area contributed by atoms with Crippen molar-refractivity contribution in [3.8, 4) is 0 Å². The maximum absolute atomic E-state index is 14.2. The second-order valence-electron chi connectivity index (χ2n) is 7.76. The number of nitrogens with one attached hydrogen (secondary N) is 2. The van der Waals surface area contributed by atoms with Crippen LogP contribution >= 0.6 is 24.0 Å². The highest BCUT2D eigenvalue weighted by Gasteiger charge is 2.45. The fraction of sp³-hybridized carbons (Fsp3) is 0.524. The molecule has 3 rings (SSSR count). The van der Waals surface area contributed by atoms with Gasteiger partial charge in [0.1, 0.15) is 5.82 Å². The molecule has 1 aliphatic carbocycles. The molecule has 0 saturated heterocycles. The molecule has 1 atom stereocenters. The Hall–Kier alpha value is -1.68. The van der Waals surface area contributed by atoms with Crippen molar-refractivity contribution in [2.45, 2.75) is 31.2 Å². The van der Waals surface area contributed by atoms with E-state index in [9.17, 15) is 4.39 Å². The second-order valence-corrected chi connectivity index (χ2v) is 7.76. The topological polar surface area (TPSA) is 57.5 Å². The van der Waals surface area contributed by atoms with Crippen molar-refractivity contribution < 1.29 is 4.39 Å². The Morgan fingerprint density at radius 3 is 2.59 bits per heavy atom. The van der Waals surface area contributed by atoms with E-state index in [4.69, 9.17) is 4.99 Å². The fourth-order valence-electron chi connectivity index (χ4n) is 3.53. The molecule has 1 aliphatic rings. The molecule has 0 aliphatic heterocycles. The summed E-state index contributed by atoms with van der Waals surface area (Å²) in [6, 6.07) is 7.25. The quantitative estimate of drug-likeness (QED) is 0.323. The highest BCUT2D eigenvalue weighted by Crippen LogP contribution is 2.49. The highest BCUT2D eigenvalue weighted by atomic mass is 127. The van der Waals surface area contributed by atoms with Crippen molar-refractivity contribution in [2.24, 2.45) is 12.0 Å². The minimum absolute atomic E-state index is 0. The molecule has 1 fully saturated rings. The number of nitrogens with zero attached hydrogens (tertiary/aromatic N) is 4. The summed E-state index contributed by atoms with van der Waals surface area (Å²) >= 11 is 0. The smallest absolute Gasteiger partial charge is 0.191 e. The molecule has 1 saturated carbocycles. The molecular weight excluding hydrogens is 482 g/mol. The van der Waals surface area contributed by atoms with E-state index in [-0.39, 0.29) is 41.3 Å². The van der Waals surface area contributed by atoms with E-state index in [1.54, 1.807) is 6.07 Å². The number of hydrogen-bond donors (Lipinski definition) is 2. The van der Waals surface area contributed by atoms with Gasteiger partial charge in [0.05, 0.1) is 18.8 Å². The second kappa shape index (κ2) is 10.4. The standard InChI is InChI=1S/C21H31FN6.HI/c1-5-23-20(24-13-19(27(2)3)16-12-26-28(4)14-16)25-15-21(10-11-21)17-8-6-7-9-18(17)22;/h6-9,12,14,19H,5,10-11,13,15H2,1-4H3,(H2,23,24,25);1H. The van der Waals surface area contributed by atoms with Crippen LogP contribution in [0.4, 0.5) is 4.39 Å². The van der Waals surface area contributed by atoms with Gasteiger partial charge in [-0.1, -0.05) is 18.2 Å². The monoisotopic (exact) mass is 514 g/mol. The SMILES string of the molecule is CCNC(=NCC1(c2ccccc2F)CC1)NCC(c1cnn(C)c1)N(C)C.I. The van der Waals surface area contributed by atoms with Gasteiger partial charge in [-0.3, -0.25) is 9.67 Å². The van der Waals surface area contributed by atoms with Crippen molar-refractivity contribution in [2.75, 3.05) is 33.7 Å². The zero-order chi connectivity index (χ0) is 20.1. The number of aryl methyl sites for hydroxylation is 1. The fourth-order valence-corrected chi connectivity index (χ4v) is 3.53. The molecule has 0 amide bonds. The number of hydrogen-bond acceptors (Lipinski definition) is 3. The van der Waals surface area contributed by atoms with E-state index in [1.807, 2.05) is 43.2 Å². The summed E-state index contributed by atoms with van der Waals surface area (Å²) in [5.74, 6) is 0.637. The first kappa shape index (κ1) is 23.6. The number of halogens is 2. The van der Waals surface area contributed by atoms with Crippen LogP contribution in [-0.2, 0) is 12.5 Å². The Balaban J connectivity index is 0.00000300. The van der Waals surface area contributed by atoms with Crippen molar-refractivity contribution in [3.05, 3.63) is 53.6 Å². The maximum Gasteiger partial charge on any atom is 0.191 e. The van der Waals surface area contributed by atoms with Gasteiger partial charge in [0.25, 0.3) is 0 Å². The number of rotatable bonds is 8. The Kier molecular flexibility index (Phi) is 8.45. The average Bonchev–Trinajstić information content (AvgIpc) is 3.33. The van der Waals surface area contributed by atoms with Gasteiger partial charge < -0.3 is 15.5 Å². The van der Waals surface area contributed by atoms with Gasteiger partial charge in [-0.25, -0.2) is 4.39 Å². The summed E-state index contributed by atoms with van der Waals surface area (Å²) in [4.78, 5) is 6.95. The summed E-state index contributed by atoms with van der Waals surface area (Å²) in [7, 11) is 6.04. The Bertz CT molecular complexity index is 815. The minimum Gasteiger partial charge on any atom is -0.357 e. The van der Waals surface area contributed by atoms with E-state index in [1.165, 1.54) is 6.07 Å². The number of benzene rings is 1. The van der Waals surface area contributed by atoms with Crippen LogP contribution in [0.3, 0.4) is 0 Å². The van der Waals surface area contributed by atoms with Crippen LogP contribution in [-0.4, -0.2) is 54.4 Å². The van der Waals surface area contributed by atoms with Crippen LogP contribution in [0, 0.1) is 5.82 Å². The van der Waals surface area contributed by atoms with Crippen molar-refractivity contribution in [1.29, 1.82) is 0 Å². The minimum atomic E-state index is -0.155. The van der Waals surface area contributed by atoms with E-state index in [0.717, 1.165) is 36.5 Å². The summed E-state index contributed by atoms with van der Waals surface area (Å²) in [5, 5.41) is 11.0. The normalized spacial score (nSPS) is 16.3. The molecule has 160 valence electrons. The van der Waals surface area contributed by atoms with Gasteiger partial charge >= 0.3 is 0 Å². The van der Waals surface area contributed by atoms with Crippen LogP contribution < -0.4 is 10.6 Å². The lowest BCUT2D eigenvalue weighted by atomic mass is 9.95. The largest absolute Gasteiger partial charge is 0.357 e. The third-order valence-corrected chi connectivity index (χ3v) is 5.38.